The normalized spacial score (nSPS) is 15.8. The second-order valence-electron chi connectivity index (χ2n) is 7.88. The average Bonchev–Trinajstić information content (AvgIpc) is 3.10. The summed E-state index contributed by atoms with van der Waals surface area (Å²) in [6, 6.07) is 17.1. The Morgan fingerprint density at radius 1 is 0.879 bits per heavy atom. The zero-order valence-corrected chi connectivity index (χ0v) is 17.8. The number of rotatable bonds is 4. The summed E-state index contributed by atoms with van der Waals surface area (Å²) in [7, 11) is 1.53. The number of halogens is 2. The summed E-state index contributed by atoms with van der Waals surface area (Å²) in [5.41, 5.74) is 2.26. The molecular formula is C26H20F2N2O3. The van der Waals surface area contributed by atoms with Crippen LogP contribution in [0.3, 0.4) is 0 Å². The minimum Gasteiger partial charge on any atom is -0.497 e. The zero-order valence-electron chi connectivity index (χ0n) is 17.8. The molecule has 0 N–H and O–H groups in total. The van der Waals surface area contributed by atoms with Crippen LogP contribution in [0.4, 0.5) is 20.2 Å². The lowest BCUT2D eigenvalue weighted by atomic mass is 9.98. The number of carbonyl (C=O) groups excluding carboxylic acids is 2. The molecule has 0 radical (unpaired) electrons. The van der Waals surface area contributed by atoms with Crippen LogP contribution >= 0.6 is 0 Å². The van der Waals surface area contributed by atoms with Gasteiger partial charge in [-0.1, -0.05) is 30.3 Å². The third-order valence-corrected chi connectivity index (χ3v) is 5.97. The lowest BCUT2D eigenvalue weighted by Crippen LogP contribution is -2.37. The summed E-state index contributed by atoms with van der Waals surface area (Å²) in [5, 5.41) is 0. The number of amides is 2. The molecule has 5 nitrogen and oxygen atoms in total. The number of imide groups is 1. The molecule has 0 saturated heterocycles. The lowest BCUT2D eigenvalue weighted by Gasteiger charge is -2.32. The Bertz CT molecular complexity index is 1300. The highest BCUT2D eigenvalue weighted by Gasteiger charge is 2.44. The number of fused-ring (bicyclic) bond motifs is 1. The fourth-order valence-electron chi connectivity index (χ4n) is 4.43. The van der Waals surface area contributed by atoms with Gasteiger partial charge < -0.3 is 9.64 Å². The zero-order chi connectivity index (χ0) is 23.1. The quantitative estimate of drug-likeness (QED) is 0.545. The first-order valence-electron chi connectivity index (χ1n) is 10.6. The van der Waals surface area contributed by atoms with Crippen molar-refractivity contribution in [1.29, 1.82) is 0 Å². The molecule has 3 aromatic carbocycles. The fraction of sp³-hybridized carbons (Fsp3) is 0.154. The molecule has 0 aromatic heterocycles. The predicted molar refractivity (Wildman–Crippen MR) is 121 cm³/mol. The summed E-state index contributed by atoms with van der Waals surface area (Å²) >= 11 is 0. The minimum absolute atomic E-state index is 0.142. The van der Waals surface area contributed by atoms with E-state index in [4.69, 9.17) is 4.74 Å². The largest absolute Gasteiger partial charge is 0.497 e. The highest BCUT2D eigenvalue weighted by atomic mass is 19.1. The van der Waals surface area contributed by atoms with Crippen molar-refractivity contribution in [3.05, 3.63) is 95.2 Å². The molecule has 5 rings (SSSR count). The third-order valence-electron chi connectivity index (χ3n) is 5.97. The number of para-hydroxylation sites is 1. The molecule has 166 valence electrons. The molecule has 0 saturated carbocycles. The first-order chi connectivity index (χ1) is 16.0. The highest BCUT2D eigenvalue weighted by molar-refractivity contribution is 6.46. The molecule has 3 aromatic rings. The van der Waals surface area contributed by atoms with Crippen LogP contribution in [0.1, 0.15) is 17.5 Å². The van der Waals surface area contributed by atoms with Gasteiger partial charge in [0, 0.05) is 18.3 Å². The fourth-order valence-corrected chi connectivity index (χ4v) is 4.43. The van der Waals surface area contributed by atoms with Gasteiger partial charge in [-0.3, -0.25) is 9.59 Å². The number of anilines is 2. The molecule has 0 spiro atoms. The Balaban J connectivity index is 1.71. The monoisotopic (exact) mass is 446 g/mol. The molecule has 0 aliphatic carbocycles. The van der Waals surface area contributed by atoms with Crippen LogP contribution in [0.2, 0.25) is 0 Å². The van der Waals surface area contributed by atoms with Gasteiger partial charge >= 0.3 is 0 Å². The van der Waals surface area contributed by atoms with E-state index in [-0.39, 0.29) is 11.3 Å². The van der Waals surface area contributed by atoms with Crippen molar-refractivity contribution in [1.82, 2.24) is 0 Å². The minimum atomic E-state index is -0.854. The van der Waals surface area contributed by atoms with Crippen LogP contribution in [-0.4, -0.2) is 25.5 Å². The SMILES string of the molecule is COc1ccc(C2=C(N3CCCc4ccccc43)C(=O)N(c3cc(F)ccc3F)C2=O)cc1. The van der Waals surface area contributed by atoms with E-state index in [0.717, 1.165) is 47.2 Å². The van der Waals surface area contributed by atoms with Crippen molar-refractivity contribution in [2.75, 3.05) is 23.5 Å². The molecule has 2 aliphatic rings. The van der Waals surface area contributed by atoms with E-state index in [1.54, 1.807) is 24.3 Å². The average molecular weight is 446 g/mol. The topological polar surface area (TPSA) is 49.9 Å². The summed E-state index contributed by atoms with van der Waals surface area (Å²) in [5.74, 6) is -2.39. The van der Waals surface area contributed by atoms with Crippen LogP contribution in [0, 0.1) is 11.6 Å². The second-order valence-corrected chi connectivity index (χ2v) is 7.88. The highest BCUT2D eigenvalue weighted by Crippen LogP contribution is 2.40. The van der Waals surface area contributed by atoms with Crippen LogP contribution in [0.25, 0.3) is 5.57 Å². The number of methoxy groups -OCH3 is 1. The van der Waals surface area contributed by atoms with Crippen molar-refractivity contribution in [3.8, 4) is 5.75 Å². The van der Waals surface area contributed by atoms with Gasteiger partial charge in [0.1, 0.15) is 23.1 Å². The van der Waals surface area contributed by atoms with Crippen molar-refractivity contribution in [3.63, 3.8) is 0 Å². The first-order valence-corrected chi connectivity index (χ1v) is 10.6. The Kier molecular flexibility index (Phi) is 5.17. The van der Waals surface area contributed by atoms with Gasteiger partial charge in [0.05, 0.1) is 18.4 Å². The number of hydrogen-bond donors (Lipinski definition) is 0. The second kappa shape index (κ2) is 8.16. The predicted octanol–water partition coefficient (Wildman–Crippen LogP) is 4.71. The van der Waals surface area contributed by atoms with E-state index in [1.807, 2.05) is 29.2 Å². The molecule has 2 amide bonds. The van der Waals surface area contributed by atoms with E-state index in [0.29, 0.717) is 17.9 Å². The standard InChI is InChI=1S/C26H20F2N2O3/c1-33-19-11-8-17(9-12-19)23-24(29-14-4-6-16-5-2-3-7-21(16)29)26(32)30(25(23)31)22-15-18(27)10-13-20(22)28/h2-3,5,7-13,15H,4,6,14H2,1H3. The van der Waals surface area contributed by atoms with Gasteiger partial charge in [-0.2, -0.15) is 0 Å². The molecule has 0 bridgehead atoms. The van der Waals surface area contributed by atoms with Crippen LogP contribution < -0.4 is 14.5 Å². The van der Waals surface area contributed by atoms with Crippen LogP contribution in [0.5, 0.6) is 5.75 Å². The summed E-state index contributed by atoms with van der Waals surface area (Å²) in [6.45, 7) is 0.518. The molecule has 0 fully saturated rings. The van der Waals surface area contributed by atoms with Gasteiger partial charge in [-0.05, 0) is 54.3 Å². The molecule has 2 aliphatic heterocycles. The van der Waals surface area contributed by atoms with Gasteiger partial charge in [0.2, 0.25) is 0 Å². The number of ether oxygens (including phenoxy) is 1. The van der Waals surface area contributed by atoms with Gasteiger partial charge in [0.25, 0.3) is 11.8 Å². The Labute approximate surface area is 189 Å². The van der Waals surface area contributed by atoms with Crippen molar-refractivity contribution >= 4 is 28.8 Å². The molecule has 0 atom stereocenters. The van der Waals surface area contributed by atoms with Crippen LogP contribution in [0.15, 0.2) is 72.4 Å². The van der Waals surface area contributed by atoms with E-state index >= 15 is 0 Å². The molecule has 0 unspecified atom stereocenters. The van der Waals surface area contributed by atoms with Crippen molar-refractivity contribution < 1.29 is 23.1 Å². The number of hydrogen-bond acceptors (Lipinski definition) is 4. The van der Waals surface area contributed by atoms with Gasteiger partial charge in [-0.15, -0.1) is 0 Å². The van der Waals surface area contributed by atoms with Gasteiger partial charge in [-0.25, -0.2) is 13.7 Å². The van der Waals surface area contributed by atoms with Crippen LogP contribution in [-0.2, 0) is 16.0 Å². The maximum absolute atomic E-state index is 14.6. The van der Waals surface area contributed by atoms with E-state index in [9.17, 15) is 18.4 Å². The number of aryl methyl sites for hydroxylation is 1. The Hall–Kier alpha value is -4.00. The number of carbonyl (C=O) groups is 2. The summed E-state index contributed by atoms with van der Waals surface area (Å²) in [6.07, 6.45) is 1.63. The number of nitrogens with zero attached hydrogens (tertiary/aromatic N) is 2. The third kappa shape index (κ3) is 3.46. The molecule has 7 heteroatoms. The van der Waals surface area contributed by atoms with E-state index in [2.05, 4.69) is 0 Å². The Morgan fingerprint density at radius 2 is 1.64 bits per heavy atom. The van der Waals surface area contributed by atoms with E-state index in [1.165, 1.54) is 7.11 Å². The number of benzene rings is 3. The molecular weight excluding hydrogens is 426 g/mol. The van der Waals surface area contributed by atoms with E-state index < -0.39 is 29.1 Å². The van der Waals surface area contributed by atoms with Gasteiger partial charge in [0.15, 0.2) is 0 Å². The Morgan fingerprint density at radius 3 is 2.39 bits per heavy atom. The molecule has 2 heterocycles. The summed E-state index contributed by atoms with van der Waals surface area (Å²) in [4.78, 5) is 29.8. The maximum Gasteiger partial charge on any atom is 0.282 e. The first kappa shape index (κ1) is 20.9. The smallest absolute Gasteiger partial charge is 0.282 e. The maximum atomic E-state index is 14.6. The molecule has 33 heavy (non-hydrogen) atoms. The van der Waals surface area contributed by atoms with Crippen molar-refractivity contribution in [2.45, 2.75) is 12.8 Å². The summed E-state index contributed by atoms with van der Waals surface area (Å²) < 4.78 is 33.8. The lowest BCUT2D eigenvalue weighted by molar-refractivity contribution is -0.120. The van der Waals surface area contributed by atoms with Crippen molar-refractivity contribution in [2.24, 2.45) is 0 Å².